The number of nitrogens with zero attached hydrogens (tertiary/aromatic N) is 1. The summed E-state index contributed by atoms with van der Waals surface area (Å²) in [4.78, 5) is 13.8. The number of hydrogen-bond donors (Lipinski definition) is 2. The molecule has 3 rings (SSSR count). The van der Waals surface area contributed by atoms with Crippen molar-refractivity contribution in [2.24, 2.45) is 11.7 Å². The summed E-state index contributed by atoms with van der Waals surface area (Å²) >= 11 is 0. The van der Waals surface area contributed by atoms with Crippen LogP contribution in [0, 0.1) is 5.92 Å². The Morgan fingerprint density at radius 3 is 2.81 bits per heavy atom. The number of primary amides is 1. The van der Waals surface area contributed by atoms with Crippen LogP contribution in [-0.2, 0) is 24.4 Å². The normalized spacial score (nSPS) is 17.6. The monoisotopic (exact) mass is 367 g/mol. The first-order valence-corrected chi connectivity index (χ1v) is 9.58. The van der Waals surface area contributed by atoms with E-state index in [9.17, 15) is 4.79 Å². The van der Waals surface area contributed by atoms with Crippen LogP contribution in [0.5, 0.6) is 5.75 Å². The number of benzene rings is 2. The number of likely N-dealkylation sites (tertiary alicyclic amines) is 1. The summed E-state index contributed by atoms with van der Waals surface area (Å²) in [7, 11) is 1.70. The molecule has 0 unspecified atom stereocenters. The van der Waals surface area contributed by atoms with Gasteiger partial charge in [-0.2, -0.15) is 0 Å². The molecule has 1 heterocycles. The van der Waals surface area contributed by atoms with Crippen LogP contribution in [0.15, 0.2) is 48.5 Å². The van der Waals surface area contributed by atoms with Crippen molar-refractivity contribution in [1.82, 2.24) is 10.2 Å². The number of piperidine rings is 1. The molecule has 5 nitrogen and oxygen atoms in total. The smallest absolute Gasteiger partial charge is 0.221 e. The first kappa shape index (κ1) is 19.4. The van der Waals surface area contributed by atoms with E-state index in [0.717, 1.165) is 56.9 Å². The van der Waals surface area contributed by atoms with Crippen molar-refractivity contribution in [1.29, 1.82) is 0 Å². The highest BCUT2D eigenvalue weighted by Crippen LogP contribution is 2.19. The molecule has 27 heavy (non-hydrogen) atoms. The molecular weight excluding hydrogens is 338 g/mol. The lowest BCUT2D eigenvalue weighted by molar-refractivity contribution is -0.123. The zero-order valence-corrected chi connectivity index (χ0v) is 16.0. The molecule has 1 amide bonds. The van der Waals surface area contributed by atoms with Crippen molar-refractivity contribution in [2.45, 2.75) is 32.5 Å². The van der Waals surface area contributed by atoms with E-state index in [2.05, 4.69) is 40.5 Å². The maximum absolute atomic E-state index is 11.5. The number of ether oxygens (including phenoxy) is 1. The van der Waals surface area contributed by atoms with Crippen molar-refractivity contribution in [3.8, 4) is 5.75 Å². The lowest BCUT2D eigenvalue weighted by Crippen LogP contribution is -2.40. The number of nitrogens with one attached hydrogen (secondary N) is 1. The molecular formula is C22H29N3O2. The molecule has 0 saturated carbocycles. The molecule has 144 valence electrons. The Bertz CT molecular complexity index is 763. The van der Waals surface area contributed by atoms with Crippen molar-refractivity contribution >= 4 is 5.91 Å². The lowest BCUT2D eigenvalue weighted by atomic mass is 9.97. The van der Waals surface area contributed by atoms with E-state index in [0.29, 0.717) is 0 Å². The number of carbonyl (C=O) groups excluding carboxylic acids is 1. The Morgan fingerprint density at radius 1 is 1.19 bits per heavy atom. The molecule has 0 aromatic heterocycles. The maximum Gasteiger partial charge on any atom is 0.221 e. The number of hydrogen-bond acceptors (Lipinski definition) is 4. The molecule has 1 saturated heterocycles. The molecule has 3 N–H and O–H groups in total. The third-order valence-electron chi connectivity index (χ3n) is 5.14. The molecule has 1 atom stereocenters. The Labute approximate surface area is 161 Å². The quantitative estimate of drug-likeness (QED) is 0.753. The minimum absolute atomic E-state index is 0.00977. The summed E-state index contributed by atoms with van der Waals surface area (Å²) in [5.41, 5.74) is 9.17. The second kappa shape index (κ2) is 9.53. The van der Waals surface area contributed by atoms with Crippen LogP contribution in [0.3, 0.4) is 0 Å². The van der Waals surface area contributed by atoms with Gasteiger partial charge < -0.3 is 15.8 Å². The van der Waals surface area contributed by atoms with Crippen LogP contribution < -0.4 is 15.8 Å². The fourth-order valence-electron chi connectivity index (χ4n) is 3.72. The van der Waals surface area contributed by atoms with E-state index in [-0.39, 0.29) is 11.8 Å². The van der Waals surface area contributed by atoms with Crippen molar-refractivity contribution in [3.63, 3.8) is 0 Å². The largest absolute Gasteiger partial charge is 0.496 e. The number of para-hydroxylation sites is 1. The molecule has 1 aliphatic heterocycles. The second-order valence-corrected chi connectivity index (χ2v) is 7.21. The van der Waals surface area contributed by atoms with Crippen LogP contribution in [0.25, 0.3) is 0 Å². The predicted octanol–water partition coefficient (Wildman–Crippen LogP) is 2.68. The van der Waals surface area contributed by atoms with Gasteiger partial charge in [-0.15, -0.1) is 0 Å². The molecule has 2 aromatic carbocycles. The minimum atomic E-state index is -0.172. The van der Waals surface area contributed by atoms with Crippen molar-refractivity contribution < 1.29 is 9.53 Å². The number of rotatable bonds is 8. The first-order chi connectivity index (χ1) is 13.2. The van der Waals surface area contributed by atoms with Gasteiger partial charge in [-0.1, -0.05) is 42.5 Å². The van der Waals surface area contributed by atoms with E-state index < -0.39 is 0 Å². The van der Waals surface area contributed by atoms with Crippen LogP contribution in [0.1, 0.15) is 29.5 Å². The summed E-state index contributed by atoms with van der Waals surface area (Å²) in [5.74, 6) is 0.728. The molecule has 0 bridgehead atoms. The zero-order valence-electron chi connectivity index (χ0n) is 16.0. The van der Waals surface area contributed by atoms with Gasteiger partial charge in [0, 0.05) is 31.7 Å². The summed E-state index contributed by atoms with van der Waals surface area (Å²) in [6.07, 6.45) is 1.95. The third-order valence-corrected chi connectivity index (χ3v) is 5.14. The summed E-state index contributed by atoms with van der Waals surface area (Å²) in [5, 5.41) is 3.49. The second-order valence-electron chi connectivity index (χ2n) is 7.21. The molecule has 1 fully saturated rings. The van der Waals surface area contributed by atoms with Gasteiger partial charge in [-0.25, -0.2) is 0 Å². The van der Waals surface area contributed by atoms with E-state index >= 15 is 0 Å². The molecule has 2 aromatic rings. The SMILES string of the molecule is COc1ccccc1CNCc1cccc(CN2CCC[C@@H](C(N)=O)C2)c1. The van der Waals surface area contributed by atoms with E-state index in [1.165, 1.54) is 11.1 Å². The maximum atomic E-state index is 11.5. The Kier molecular flexibility index (Phi) is 6.85. The summed E-state index contributed by atoms with van der Waals surface area (Å²) < 4.78 is 5.40. The van der Waals surface area contributed by atoms with E-state index in [1.54, 1.807) is 7.11 Å². The lowest BCUT2D eigenvalue weighted by Gasteiger charge is -2.31. The van der Waals surface area contributed by atoms with Gasteiger partial charge >= 0.3 is 0 Å². The van der Waals surface area contributed by atoms with Crippen molar-refractivity contribution in [2.75, 3.05) is 20.2 Å². The number of methoxy groups -OCH3 is 1. The topological polar surface area (TPSA) is 67.6 Å². The standard InChI is InChI=1S/C22H29N3O2/c1-27-21-10-3-2-8-19(21)14-24-13-17-6-4-7-18(12-17)15-25-11-5-9-20(16-25)22(23)26/h2-4,6-8,10,12,20,24H,5,9,11,13-16H2,1H3,(H2,23,26)/t20-/m1/s1. The Balaban J connectivity index is 1.53. The molecule has 1 aliphatic rings. The highest BCUT2D eigenvalue weighted by atomic mass is 16.5. The molecule has 0 spiro atoms. The molecule has 0 radical (unpaired) electrons. The van der Waals surface area contributed by atoms with E-state index in [1.807, 2.05) is 18.2 Å². The zero-order chi connectivity index (χ0) is 19.1. The molecule has 0 aliphatic carbocycles. The highest BCUT2D eigenvalue weighted by molar-refractivity contribution is 5.76. The highest BCUT2D eigenvalue weighted by Gasteiger charge is 2.23. The van der Waals surface area contributed by atoms with Crippen LogP contribution in [-0.4, -0.2) is 31.0 Å². The average molecular weight is 367 g/mol. The van der Waals surface area contributed by atoms with Crippen molar-refractivity contribution in [3.05, 3.63) is 65.2 Å². The number of nitrogens with two attached hydrogens (primary N) is 1. The van der Waals surface area contributed by atoms with Crippen LogP contribution in [0.4, 0.5) is 0 Å². The fourth-order valence-corrected chi connectivity index (χ4v) is 3.72. The summed E-state index contributed by atoms with van der Waals surface area (Å²) in [6, 6.07) is 16.7. The van der Waals surface area contributed by atoms with Gasteiger partial charge in [-0.3, -0.25) is 9.69 Å². The minimum Gasteiger partial charge on any atom is -0.496 e. The number of carbonyl (C=O) groups is 1. The van der Waals surface area contributed by atoms with E-state index in [4.69, 9.17) is 10.5 Å². The van der Waals surface area contributed by atoms with Gasteiger partial charge in [0.25, 0.3) is 0 Å². The average Bonchev–Trinajstić information content (AvgIpc) is 2.69. The van der Waals surface area contributed by atoms with Gasteiger partial charge in [0.2, 0.25) is 5.91 Å². The fraction of sp³-hybridized carbons (Fsp3) is 0.409. The van der Waals surface area contributed by atoms with Gasteiger partial charge in [0.15, 0.2) is 0 Å². The van der Waals surface area contributed by atoms with Crippen LogP contribution >= 0.6 is 0 Å². The van der Waals surface area contributed by atoms with Gasteiger partial charge in [-0.05, 0) is 36.6 Å². The summed E-state index contributed by atoms with van der Waals surface area (Å²) in [6.45, 7) is 4.23. The first-order valence-electron chi connectivity index (χ1n) is 9.58. The van der Waals surface area contributed by atoms with Crippen LogP contribution in [0.2, 0.25) is 0 Å². The Morgan fingerprint density at radius 2 is 2.00 bits per heavy atom. The number of amides is 1. The van der Waals surface area contributed by atoms with Gasteiger partial charge in [0.05, 0.1) is 13.0 Å². The van der Waals surface area contributed by atoms with Gasteiger partial charge in [0.1, 0.15) is 5.75 Å². The predicted molar refractivity (Wildman–Crippen MR) is 107 cm³/mol. The third kappa shape index (κ3) is 5.55. The molecule has 5 heteroatoms. The Hall–Kier alpha value is -2.37.